The third-order valence-corrected chi connectivity index (χ3v) is 5.82. The molecule has 1 fully saturated rings. The van der Waals surface area contributed by atoms with Crippen molar-refractivity contribution in [2.75, 3.05) is 11.5 Å². The molecule has 0 saturated carbocycles. The number of halogens is 1. The van der Waals surface area contributed by atoms with Crippen molar-refractivity contribution in [1.29, 1.82) is 0 Å². The van der Waals surface area contributed by atoms with Crippen molar-refractivity contribution in [2.24, 2.45) is 0 Å². The molecule has 0 bridgehead atoms. The summed E-state index contributed by atoms with van der Waals surface area (Å²) in [5.41, 5.74) is 1.15. The lowest BCUT2D eigenvalue weighted by Crippen LogP contribution is -2.54. The number of nitrogens with zero attached hydrogens (tertiary/aromatic N) is 2. The number of anilines is 1. The number of hydrogen-bond acceptors (Lipinski definition) is 7. The van der Waals surface area contributed by atoms with Crippen LogP contribution in [0.25, 0.3) is 6.08 Å². The lowest BCUT2D eigenvalue weighted by molar-refractivity contribution is -0.384. The fourth-order valence-electron chi connectivity index (χ4n) is 4.06. The van der Waals surface area contributed by atoms with Crippen LogP contribution in [0.1, 0.15) is 23.6 Å². The first kappa shape index (κ1) is 27.7. The summed E-state index contributed by atoms with van der Waals surface area (Å²) in [7, 11) is 0. The molecule has 4 amide bonds. The molecule has 0 aromatic heterocycles. The van der Waals surface area contributed by atoms with Crippen molar-refractivity contribution in [1.82, 2.24) is 5.32 Å². The third kappa shape index (κ3) is 6.04. The number of urea groups is 1. The zero-order valence-electron chi connectivity index (χ0n) is 21.4. The number of rotatable bonds is 10. The van der Waals surface area contributed by atoms with Gasteiger partial charge in [-0.2, -0.15) is 0 Å². The van der Waals surface area contributed by atoms with Gasteiger partial charge in [0.2, 0.25) is 0 Å². The second kappa shape index (κ2) is 12.0. The van der Waals surface area contributed by atoms with Gasteiger partial charge in [-0.3, -0.25) is 25.0 Å². The monoisotopic (exact) mass is 545 g/mol. The average Bonchev–Trinajstić information content (AvgIpc) is 2.91. The van der Waals surface area contributed by atoms with Gasteiger partial charge in [0.05, 0.1) is 17.2 Å². The fraction of sp³-hybridized carbons (Fsp3) is 0.138. The Morgan fingerprint density at radius 1 is 1.07 bits per heavy atom. The van der Waals surface area contributed by atoms with Crippen LogP contribution >= 0.6 is 0 Å². The number of amides is 4. The zero-order chi connectivity index (χ0) is 28.8. The summed E-state index contributed by atoms with van der Waals surface area (Å²) in [6, 6.07) is 13.0. The Balaban J connectivity index is 1.71. The Labute approximate surface area is 228 Å². The number of carbonyl (C=O) groups excluding carboxylic acids is 3. The standard InChI is InChI=1S/C29H24FN3O7/c1-3-6-20-13-19(16-25(39-4-2)26(20)40-17-18-7-5-8-21(30)14-18)15-24-27(34)31-29(36)32(28(24)35)22-9-11-23(12-10-22)33(37)38/h3,5,7-16H,1,4,6,17H2,2H3,(H,31,34,36)/b24-15+. The predicted octanol–water partition coefficient (Wildman–Crippen LogP) is 5.11. The van der Waals surface area contributed by atoms with Crippen LogP contribution < -0.4 is 19.7 Å². The van der Waals surface area contributed by atoms with Crippen molar-refractivity contribution < 1.29 is 33.2 Å². The maximum Gasteiger partial charge on any atom is 0.335 e. The molecule has 1 heterocycles. The highest BCUT2D eigenvalue weighted by Crippen LogP contribution is 2.36. The van der Waals surface area contributed by atoms with Crippen LogP contribution in [0.15, 0.2) is 78.9 Å². The van der Waals surface area contributed by atoms with Gasteiger partial charge in [-0.15, -0.1) is 6.58 Å². The Kier molecular flexibility index (Phi) is 8.33. The molecule has 1 N–H and O–H groups in total. The Bertz CT molecular complexity index is 1530. The highest BCUT2D eigenvalue weighted by molar-refractivity contribution is 6.39. The van der Waals surface area contributed by atoms with E-state index in [0.29, 0.717) is 34.6 Å². The molecule has 1 aliphatic heterocycles. The predicted molar refractivity (Wildman–Crippen MR) is 144 cm³/mol. The average molecular weight is 546 g/mol. The smallest absolute Gasteiger partial charge is 0.335 e. The van der Waals surface area contributed by atoms with Crippen LogP contribution in [-0.2, 0) is 22.6 Å². The van der Waals surface area contributed by atoms with Gasteiger partial charge in [0.25, 0.3) is 17.5 Å². The van der Waals surface area contributed by atoms with Crippen molar-refractivity contribution in [3.05, 3.63) is 112 Å². The molecule has 0 aliphatic carbocycles. The highest BCUT2D eigenvalue weighted by atomic mass is 19.1. The van der Waals surface area contributed by atoms with Crippen LogP contribution in [0.4, 0.5) is 20.6 Å². The molecule has 0 spiro atoms. The maximum absolute atomic E-state index is 13.6. The van der Waals surface area contributed by atoms with E-state index in [1.54, 1.807) is 37.3 Å². The van der Waals surface area contributed by atoms with Crippen LogP contribution in [0.2, 0.25) is 0 Å². The molecular weight excluding hydrogens is 521 g/mol. The van der Waals surface area contributed by atoms with E-state index < -0.39 is 28.6 Å². The number of nitro benzene ring substituents is 1. The van der Waals surface area contributed by atoms with Crippen molar-refractivity contribution in [3.63, 3.8) is 0 Å². The summed E-state index contributed by atoms with van der Waals surface area (Å²) in [5, 5.41) is 13.1. The van der Waals surface area contributed by atoms with Crippen LogP contribution in [0.3, 0.4) is 0 Å². The molecule has 1 aliphatic rings. The summed E-state index contributed by atoms with van der Waals surface area (Å²) >= 11 is 0. The summed E-state index contributed by atoms with van der Waals surface area (Å²) in [5.74, 6) is -1.47. The highest BCUT2D eigenvalue weighted by Gasteiger charge is 2.37. The van der Waals surface area contributed by atoms with Gasteiger partial charge >= 0.3 is 6.03 Å². The molecule has 0 radical (unpaired) electrons. The number of nitrogens with one attached hydrogen (secondary N) is 1. The number of imide groups is 2. The summed E-state index contributed by atoms with van der Waals surface area (Å²) in [6.45, 7) is 5.90. The normalized spacial score (nSPS) is 14.2. The molecule has 4 rings (SSSR count). The number of carbonyl (C=O) groups is 3. The zero-order valence-corrected chi connectivity index (χ0v) is 21.4. The third-order valence-electron chi connectivity index (χ3n) is 5.82. The van der Waals surface area contributed by atoms with Gasteiger partial charge in [-0.1, -0.05) is 18.2 Å². The van der Waals surface area contributed by atoms with Crippen LogP contribution in [-0.4, -0.2) is 29.4 Å². The summed E-state index contributed by atoms with van der Waals surface area (Å²) in [6.07, 6.45) is 3.31. The van der Waals surface area contributed by atoms with E-state index in [1.807, 2.05) is 0 Å². The first-order chi connectivity index (χ1) is 19.2. The van der Waals surface area contributed by atoms with Crippen LogP contribution in [0.5, 0.6) is 11.5 Å². The Morgan fingerprint density at radius 2 is 1.82 bits per heavy atom. The second-order valence-electron chi connectivity index (χ2n) is 8.58. The van der Waals surface area contributed by atoms with E-state index in [2.05, 4.69) is 11.9 Å². The first-order valence-corrected chi connectivity index (χ1v) is 12.2. The van der Waals surface area contributed by atoms with E-state index in [4.69, 9.17) is 9.47 Å². The van der Waals surface area contributed by atoms with Gasteiger partial charge in [-0.05, 0) is 66.9 Å². The summed E-state index contributed by atoms with van der Waals surface area (Å²) in [4.78, 5) is 49.5. The summed E-state index contributed by atoms with van der Waals surface area (Å²) < 4.78 is 25.4. The van der Waals surface area contributed by atoms with Gasteiger partial charge in [0.15, 0.2) is 11.5 Å². The van der Waals surface area contributed by atoms with Crippen molar-refractivity contribution in [2.45, 2.75) is 20.0 Å². The van der Waals surface area contributed by atoms with E-state index in [0.717, 1.165) is 17.0 Å². The minimum Gasteiger partial charge on any atom is -0.490 e. The van der Waals surface area contributed by atoms with E-state index >= 15 is 0 Å². The molecule has 0 atom stereocenters. The van der Waals surface area contributed by atoms with Gasteiger partial charge in [0, 0.05) is 17.7 Å². The number of nitro groups is 1. The number of allylic oxidation sites excluding steroid dienone is 1. The van der Waals surface area contributed by atoms with Crippen molar-refractivity contribution in [3.8, 4) is 11.5 Å². The second-order valence-corrected chi connectivity index (χ2v) is 8.58. The van der Waals surface area contributed by atoms with Gasteiger partial charge in [-0.25, -0.2) is 14.1 Å². The van der Waals surface area contributed by atoms with E-state index in [-0.39, 0.29) is 30.2 Å². The fourth-order valence-corrected chi connectivity index (χ4v) is 4.06. The number of hydrogen-bond donors (Lipinski definition) is 1. The van der Waals surface area contributed by atoms with Crippen molar-refractivity contribution >= 4 is 35.3 Å². The lowest BCUT2D eigenvalue weighted by atomic mass is 10.0. The topological polar surface area (TPSA) is 128 Å². The Morgan fingerprint density at radius 3 is 2.48 bits per heavy atom. The molecule has 204 valence electrons. The molecule has 11 heteroatoms. The van der Waals surface area contributed by atoms with E-state index in [9.17, 15) is 28.9 Å². The molecule has 10 nitrogen and oxygen atoms in total. The lowest BCUT2D eigenvalue weighted by Gasteiger charge is -2.26. The number of benzene rings is 3. The molecule has 3 aromatic carbocycles. The number of barbiturate groups is 1. The molecule has 40 heavy (non-hydrogen) atoms. The minimum absolute atomic E-state index is 0.0509. The molecule has 3 aromatic rings. The van der Waals surface area contributed by atoms with Gasteiger partial charge in [0.1, 0.15) is 18.0 Å². The number of non-ortho nitro benzene ring substituents is 1. The first-order valence-electron chi connectivity index (χ1n) is 12.2. The van der Waals surface area contributed by atoms with E-state index in [1.165, 1.54) is 30.3 Å². The minimum atomic E-state index is -0.982. The maximum atomic E-state index is 13.6. The van der Waals surface area contributed by atoms with Gasteiger partial charge < -0.3 is 9.47 Å². The largest absolute Gasteiger partial charge is 0.490 e. The number of ether oxygens (including phenoxy) is 2. The quantitative estimate of drug-likeness (QED) is 0.123. The Hall–Kier alpha value is -5.32. The molecule has 1 saturated heterocycles. The van der Waals surface area contributed by atoms with Crippen LogP contribution in [0, 0.1) is 15.9 Å². The molecular formula is C29H24FN3O7. The SMILES string of the molecule is C=CCc1cc(/C=C2\C(=O)NC(=O)N(c3ccc([N+](=O)[O-])cc3)C2=O)cc(OCC)c1OCc1cccc(F)c1. The molecule has 0 unspecified atom stereocenters.